The van der Waals surface area contributed by atoms with Crippen molar-refractivity contribution in [3.8, 4) is 22.5 Å². The third-order valence-electron chi connectivity index (χ3n) is 3.57. The molecule has 0 fully saturated rings. The zero-order valence-electron chi connectivity index (χ0n) is 13.6. The molecule has 0 unspecified atom stereocenters. The molecule has 0 saturated heterocycles. The second-order valence-electron chi connectivity index (χ2n) is 5.35. The lowest BCUT2D eigenvalue weighted by Gasteiger charge is -2.04. The molecule has 0 aliphatic heterocycles. The molecule has 6 nitrogen and oxygen atoms in total. The number of aliphatic carboxylic acids is 1. The minimum atomic E-state index is -5.08. The van der Waals surface area contributed by atoms with Crippen molar-refractivity contribution in [2.24, 2.45) is 0 Å². The number of carboxylic acid groups (broad SMARTS) is 1. The van der Waals surface area contributed by atoms with E-state index in [9.17, 15) is 13.2 Å². The predicted molar refractivity (Wildman–Crippen MR) is 90.7 cm³/mol. The first-order valence-corrected chi connectivity index (χ1v) is 7.59. The van der Waals surface area contributed by atoms with E-state index in [2.05, 4.69) is 27.3 Å². The second kappa shape index (κ2) is 7.32. The molecule has 0 amide bonds. The lowest BCUT2D eigenvalue weighted by molar-refractivity contribution is -0.192. The summed E-state index contributed by atoms with van der Waals surface area (Å²) < 4.78 is 37.2. The number of nitrogens with one attached hydrogen (secondary N) is 1. The van der Waals surface area contributed by atoms with E-state index in [1.54, 1.807) is 18.7 Å². The van der Waals surface area contributed by atoms with Gasteiger partial charge in [-0.1, -0.05) is 18.2 Å². The summed E-state index contributed by atoms with van der Waals surface area (Å²) in [5.74, 6) is -2.76. The van der Waals surface area contributed by atoms with Crippen LogP contribution in [0, 0.1) is 0 Å². The van der Waals surface area contributed by atoms with Crippen LogP contribution in [-0.2, 0) is 4.79 Å². The molecule has 27 heavy (non-hydrogen) atoms. The lowest BCUT2D eigenvalue weighted by atomic mass is 10.0. The van der Waals surface area contributed by atoms with Gasteiger partial charge in [-0.25, -0.2) is 4.79 Å². The van der Waals surface area contributed by atoms with Crippen LogP contribution >= 0.6 is 0 Å². The summed E-state index contributed by atoms with van der Waals surface area (Å²) in [5.41, 5.74) is 4.91. The molecule has 1 aromatic carbocycles. The maximum atomic E-state index is 10.6. The predicted octanol–water partition coefficient (Wildman–Crippen LogP) is 4.52. The van der Waals surface area contributed by atoms with E-state index < -0.39 is 12.1 Å². The molecule has 2 N–H and O–H groups in total. The minimum absolute atomic E-state index is 0.849. The Morgan fingerprint density at radius 2 is 1.81 bits per heavy atom. The van der Waals surface area contributed by atoms with Crippen molar-refractivity contribution in [1.29, 1.82) is 0 Å². The Hall–Kier alpha value is -3.62. The van der Waals surface area contributed by atoms with Gasteiger partial charge >= 0.3 is 12.1 Å². The average Bonchev–Trinajstić information content (AvgIpc) is 3.33. The fourth-order valence-electron chi connectivity index (χ4n) is 2.38. The van der Waals surface area contributed by atoms with Crippen LogP contribution in [0.5, 0.6) is 0 Å². The Kier molecular flexibility index (Phi) is 4.93. The monoisotopic (exact) mass is 375 g/mol. The van der Waals surface area contributed by atoms with Gasteiger partial charge in [0.15, 0.2) is 0 Å². The number of aromatic amines is 1. The maximum Gasteiger partial charge on any atom is 0.490 e. The topological polar surface area (TPSA) is 92.0 Å². The Morgan fingerprint density at radius 1 is 1.07 bits per heavy atom. The maximum absolute atomic E-state index is 10.6. The second-order valence-corrected chi connectivity index (χ2v) is 5.35. The summed E-state index contributed by atoms with van der Waals surface area (Å²) in [5, 5.41) is 15.1. The van der Waals surface area contributed by atoms with Crippen molar-refractivity contribution in [2.45, 2.75) is 6.18 Å². The molecule has 4 aromatic rings. The van der Waals surface area contributed by atoms with Gasteiger partial charge in [-0.3, -0.25) is 10.1 Å². The number of carboxylic acids is 1. The van der Waals surface area contributed by atoms with Crippen molar-refractivity contribution in [3.63, 3.8) is 0 Å². The van der Waals surface area contributed by atoms with E-state index in [0.29, 0.717) is 0 Å². The summed E-state index contributed by atoms with van der Waals surface area (Å²) in [7, 11) is 0. The van der Waals surface area contributed by atoms with Gasteiger partial charge in [0.1, 0.15) is 5.58 Å². The minimum Gasteiger partial charge on any atom is -0.475 e. The fraction of sp³-hybridized carbons (Fsp3) is 0.0556. The Morgan fingerprint density at radius 3 is 2.48 bits per heavy atom. The lowest BCUT2D eigenvalue weighted by Crippen LogP contribution is -2.21. The van der Waals surface area contributed by atoms with Crippen LogP contribution in [0.1, 0.15) is 0 Å². The van der Waals surface area contributed by atoms with E-state index in [-0.39, 0.29) is 0 Å². The average molecular weight is 375 g/mol. The smallest absolute Gasteiger partial charge is 0.475 e. The highest BCUT2D eigenvalue weighted by Crippen LogP contribution is 2.29. The van der Waals surface area contributed by atoms with Gasteiger partial charge in [-0.05, 0) is 24.3 Å². The van der Waals surface area contributed by atoms with Crippen LogP contribution in [0.3, 0.4) is 0 Å². The molecule has 0 aliphatic rings. The van der Waals surface area contributed by atoms with Crippen molar-refractivity contribution in [1.82, 2.24) is 15.2 Å². The van der Waals surface area contributed by atoms with E-state index >= 15 is 0 Å². The number of fused-ring (bicyclic) bond motifs is 1. The van der Waals surface area contributed by atoms with Crippen LogP contribution in [0.25, 0.3) is 33.5 Å². The van der Waals surface area contributed by atoms with Crippen LogP contribution < -0.4 is 0 Å². The van der Waals surface area contributed by atoms with Crippen LogP contribution in [-0.4, -0.2) is 32.4 Å². The van der Waals surface area contributed by atoms with Crippen molar-refractivity contribution in [2.75, 3.05) is 0 Å². The molecule has 138 valence electrons. The highest BCUT2D eigenvalue weighted by molar-refractivity contribution is 5.92. The molecule has 3 heterocycles. The van der Waals surface area contributed by atoms with Crippen molar-refractivity contribution >= 4 is 16.9 Å². The van der Waals surface area contributed by atoms with Crippen LogP contribution in [0.2, 0.25) is 0 Å². The molecule has 0 radical (unpaired) electrons. The zero-order valence-corrected chi connectivity index (χ0v) is 13.6. The third kappa shape index (κ3) is 4.14. The molecular weight excluding hydrogens is 363 g/mol. The number of carbonyl (C=O) groups is 1. The van der Waals surface area contributed by atoms with Crippen molar-refractivity contribution in [3.05, 3.63) is 61.1 Å². The molecule has 0 spiro atoms. The first-order chi connectivity index (χ1) is 12.9. The summed E-state index contributed by atoms with van der Waals surface area (Å²) in [4.78, 5) is 13.4. The van der Waals surface area contributed by atoms with Gasteiger partial charge < -0.3 is 9.52 Å². The van der Waals surface area contributed by atoms with Gasteiger partial charge in [-0.2, -0.15) is 18.3 Å². The van der Waals surface area contributed by atoms with Gasteiger partial charge in [0.25, 0.3) is 0 Å². The van der Waals surface area contributed by atoms with Crippen LogP contribution in [0.4, 0.5) is 13.2 Å². The highest BCUT2D eigenvalue weighted by Gasteiger charge is 2.38. The highest BCUT2D eigenvalue weighted by atomic mass is 19.4. The Balaban J connectivity index is 0.000000260. The number of hydrogen-bond acceptors (Lipinski definition) is 4. The number of H-pyrrole nitrogens is 1. The normalized spacial score (nSPS) is 11.1. The first-order valence-electron chi connectivity index (χ1n) is 7.59. The van der Waals surface area contributed by atoms with Gasteiger partial charge in [0, 0.05) is 28.9 Å². The molecule has 3 aromatic heterocycles. The molecule has 0 saturated carbocycles. The standard InChI is InChI=1S/C16H11N3O.C2HF3O2/c1-2-11(14-4-8-18-19-14)10-12(3-1)16-13-6-9-20-15(13)5-7-17-16;3-2(4,5)1(6)7/h1-10H,(H,18,19);(H,6,7). The number of pyridine rings is 1. The third-order valence-corrected chi connectivity index (χ3v) is 3.57. The van der Waals surface area contributed by atoms with Gasteiger partial charge in [0.2, 0.25) is 0 Å². The molecule has 0 aliphatic carbocycles. The number of aromatic nitrogens is 3. The summed E-state index contributed by atoms with van der Waals surface area (Å²) >= 11 is 0. The number of alkyl halides is 3. The van der Waals surface area contributed by atoms with Gasteiger partial charge in [0.05, 0.1) is 17.7 Å². The van der Waals surface area contributed by atoms with E-state index in [1.165, 1.54) is 0 Å². The summed E-state index contributed by atoms with van der Waals surface area (Å²) in [6.45, 7) is 0. The number of rotatable bonds is 2. The summed E-state index contributed by atoms with van der Waals surface area (Å²) in [6.07, 6.45) is 0.121. The SMILES string of the molecule is O=C(O)C(F)(F)F.c1cc(-c2ccn[nH]2)cc(-c2nccc3occc23)c1. The van der Waals surface area contributed by atoms with E-state index in [1.807, 2.05) is 30.3 Å². The summed E-state index contributed by atoms with van der Waals surface area (Å²) in [6, 6.07) is 14.0. The number of furan rings is 1. The van der Waals surface area contributed by atoms with Gasteiger partial charge in [-0.15, -0.1) is 0 Å². The molecule has 0 atom stereocenters. The first kappa shape index (κ1) is 18.2. The quantitative estimate of drug-likeness (QED) is 0.537. The van der Waals surface area contributed by atoms with E-state index in [0.717, 1.165) is 33.5 Å². The largest absolute Gasteiger partial charge is 0.490 e. The molecule has 4 rings (SSSR count). The molecule has 0 bridgehead atoms. The number of halogens is 3. The molecular formula is C18H12F3N3O3. The fourth-order valence-corrected chi connectivity index (χ4v) is 2.38. The van der Waals surface area contributed by atoms with Crippen molar-refractivity contribution < 1.29 is 27.5 Å². The zero-order chi connectivity index (χ0) is 19.4. The van der Waals surface area contributed by atoms with Crippen LogP contribution in [0.15, 0.2) is 65.5 Å². The number of nitrogens with zero attached hydrogens (tertiary/aromatic N) is 2. The number of hydrogen-bond donors (Lipinski definition) is 2. The Bertz CT molecular complexity index is 1060. The molecule has 9 heteroatoms. The Labute approximate surface area is 150 Å². The van der Waals surface area contributed by atoms with E-state index in [4.69, 9.17) is 14.3 Å². The number of benzene rings is 1.